The van der Waals surface area contributed by atoms with Gasteiger partial charge in [-0.25, -0.2) is 0 Å². The molecule has 1 aromatic heterocycles. The van der Waals surface area contributed by atoms with Crippen molar-refractivity contribution in [2.75, 3.05) is 11.9 Å². The minimum atomic E-state index is -0.243. The first-order valence-corrected chi connectivity index (χ1v) is 9.69. The van der Waals surface area contributed by atoms with Crippen molar-refractivity contribution >= 4 is 17.5 Å². The van der Waals surface area contributed by atoms with Crippen LogP contribution in [0, 0.1) is 23.2 Å². The van der Waals surface area contributed by atoms with E-state index in [0.29, 0.717) is 5.69 Å². The molecule has 4 fully saturated rings. The number of rotatable bonds is 5. The van der Waals surface area contributed by atoms with E-state index in [1.54, 1.807) is 30.6 Å². The third-order valence-corrected chi connectivity index (χ3v) is 6.59. The van der Waals surface area contributed by atoms with Gasteiger partial charge in [0, 0.05) is 12.3 Å². The van der Waals surface area contributed by atoms with Crippen LogP contribution in [0.5, 0.6) is 0 Å². The van der Waals surface area contributed by atoms with Crippen molar-refractivity contribution in [3.8, 4) is 0 Å². The van der Waals surface area contributed by atoms with Gasteiger partial charge < -0.3 is 10.6 Å². The highest BCUT2D eigenvalue weighted by atomic mass is 16.2. The number of carbonyl (C=O) groups excluding carboxylic acids is 2. The zero-order chi connectivity index (χ0) is 18.1. The van der Waals surface area contributed by atoms with E-state index < -0.39 is 0 Å². The van der Waals surface area contributed by atoms with Crippen molar-refractivity contribution in [2.24, 2.45) is 23.2 Å². The van der Waals surface area contributed by atoms with Gasteiger partial charge in [0.1, 0.15) is 0 Å². The van der Waals surface area contributed by atoms with Gasteiger partial charge >= 0.3 is 0 Å². The fourth-order valence-electron chi connectivity index (χ4n) is 5.80. The van der Waals surface area contributed by atoms with Crippen LogP contribution in [0.1, 0.15) is 45.4 Å². The van der Waals surface area contributed by atoms with Crippen LogP contribution in [0.2, 0.25) is 0 Å². The van der Waals surface area contributed by atoms with Gasteiger partial charge in [0.25, 0.3) is 0 Å². The minimum absolute atomic E-state index is 0.0294. The van der Waals surface area contributed by atoms with Crippen molar-refractivity contribution in [1.29, 1.82) is 0 Å². The molecule has 4 saturated carbocycles. The number of nitrogens with zero attached hydrogens (tertiary/aromatic N) is 1. The first kappa shape index (κ1) is 17.3. The maximum atomic E-state index is 12.3. The molecule has 2 N–H and O–H groups in total. The Morgan fingerprint density at radius 1 is 1.19 bits per heavy atom. The molecule has 4 aliphatic rings. The average Bonchev–Trinajstić information content (AvgIpc) is 2.60. The second-order valence-corrected chi connectivity index (χ2v) is 8.53. The molecule has 0 atom stereocenters. The van der Waals surface area contributed by atoms with Crippen LogP contribution in [0.25, 0.3) is 0 Å². The Morgan fingerprint density at radius 2 is 1.85 bits per heavy atom. The number of pyridine rings is 1. The van der Waals surface area contributed by atoms with Crippen molar-refractivity contribution in [2.45, 2.75) is 45.4 Å². The maximum absolute atomic E-state index is 12.3. The standard InChI is InChI=1S/C21H27N3O2/c1-14(21-9-15-6-16(10-21)8-17(7-15)11-21)5-19(25)23-13-20(26)24-18-3-2-4-22-12-18/h2-5,12,15-17H,6-11,13H2,1H3,(H,23,25)(H,24,26)/b14-5+. The van der Waals surface area contributed by atoms with Crippen molar-refractivity contribution < 1.29 is 9.59 Å². The third-order valence-electron chi connectivity index (χ3n) is 6.59. The zero-order valence-electron chi connectivity index (χ0n) is 15.3. The topological polar surface area (TPSA) is 71.1 Å². The number of allylic oxidation sites excluding steroid dienone is 1. The number of aromatic nitrogens is 1. The van der Waals surface area contributed by atoms with Crippen LogP contribution in [-0.4, -0.2) is 23.3 Å². The van der Waals surface area contributed by atoms with Crippen LogP contribution < -0.4 is 10.6 Å². The molecule has 0 aromatic carbocycles. The molecule has 5 rings (SSSR count). The lowest BCUT2D eigenvalue weighted by Crippen LogP contribution is -2.46. The largest absolute Gasteiger partial charge is 0.343 e. The molecule has 5 nitrogen and oxygen atoms in total. The summed E-state index contributed by atoms with van der Waals surface area (Å²) >= 11 is 0. The van der Waals surface area contributed by atoms with Gasteiger partial charge in [-0.1, -0.05) is 5.57 Å². The molecule has 5 heteroatoms. The number of amides is 2. The van der Waals surface area contributed by atoms with Gasteiger partial charge in [-0.2, -0.15) is 0 Å². The average molecular weight is 353 g/mol. The molecule has 4 bridgehead atoms. The van der Waals surface area contributed by atoms with Gasteiger partial charge in [-0.15, -0.1) is 0 Å². The Balaban J connectivity index is 1.33. The smallest absolute Gasteiger partial charge is 0.244 e. The molecule has 2 amide bonds. The predicted octanol–water partition coefficient (Wildman–Crippen LogP) is 3.30. The molecule has 0 saturated heterocycles. The highest BCUT2D eigenvalue weighted by Crippen LogP contribution is 2.62. The van der Waals surface area contributed by atoms with Crippen LogP contribution in [0.4, 0.5) is 5.69 Å². The van der Waals surface area contributed by atoms with Crippen molar-refractivity contribution in [3.63, 3.8) is 0 Å². The summed E-state index contributed by atoms with van der Waals surface area (Å²) in [6, 6.07) is 3.52. The highest BCUT2D eigenvalue weighted by molar-refractivity contribution is 5.96. The lowest BCUT2D eigenvalue weighted by molar-refractivity contribution is -0.121. The molecule has 0 aliphatic heterocycles. The van der Waals surface area contributed by atoms with Crippen LogP contribution >= 0.6 is 0 Å². The van der Waals surface area contributed by atoms with E-state index in [2.05, 4.69) is 22.5 Å². The SMILES string of the molecule is C/C(=C\C(=O)NCC(=O)Nc1cccnc1)C12CC3CC(CC(C3)C1)C2. The van der Waals surface area contributed by atoms with Gasteiger partial charge in [-0.05, 0) is 80.8 Å². The van der Waals surface area contributed by atoms with Crippen LogP contribution in [0.3, 0.4) is 0 Å². The minimum Gasteiger partial charge on any atom is -0.343 e. The molecule has 4 aliphatic carbocycles. The van der Waals surface area contributed by atoms with Gasteiger partial charge in [0.2, 0.25) is 11.8 Å². The van der Waals surface area contributed by atoms with Gasteiger partial charge in [0.05, 0.1) is 18.4 Å². The summed E-state index contributed by atoms with van der Waals surface area (Å²) in [6.07, 6.45) is 12.9. The van der Waals surface area contributed by atoms with Gasteiger partial charge in [0.15, 0.2) is 0 Å². The summed E-state index contributed by atoms with van der Waals surface area (Å²) in [5, 5.41) is 5.44. The lowest BCUT2D eigenvalue weighted by atomic mass is 9.48. The van der Waals surface area contributed by atoms with E-state index in [4.69, 9.17) is 0 Å². The summed E-state index contributed by atoms with van der Waals surface area (Å²) in [5.74, 6) is 2.17. The zero-order valence-corrected chi connectivity index (χ0v) is 15.3. The Hall–Kier alpha value is -2.17. The van der Waals surface area contributed by atoms with E-state index in [1.807, 2.05) is 0 Å². The molecule has 1 aromatic rings. The third kappa shape index (κ3) is 3.53. The second-order valence-electron chi connectivity index (χ2n) is 8.53. The predicted molar refractivity (Wildman–Crippen MR) is 100 cm³/mol. The maximum Gasteiger partial charge on any atom is 0.244 e. The second kappa shape index (κ2) is 6.86. The molecular formula is C21H27N3O2. The molecule has 138 valence electrons. The van der Waals surface area contributed by atoms with Gasteiger partial charge in [-0.3, -0.25) is 14.6 Å². The van der Waals surface area contributed by atoms with Crippen LogP contribution in [-0.2, 0) is 9.59 Å². The fraction of sp³-hybridized carbons (Fsp3) is 0.571. The fourth-order valence-corrected chi connectivity index (χ4v) is 5.80. The molecular weight excluding hydrogens is 326 g/mol. The monoisotopic (exact) mass is 353 g/mol. The van der Waals surface area contributed by atoms with Crippen LogP contribution in [0.15, 0.2) is 36.2 Å². The number of carbonyl (C=O) groups is 2. The normalized spacial score (nSPS) is 32.3. The molecule has 0 unspecified atom stereocenters. The first-order chi connectivity index (χ1) is 12.5. The summed E-state index contributed by atoms with van der Waals surface area (Å²) < 4.78 is 0. The Labute approximate surface area is 154 Å². The first-order valence-electron chi connectivity index (χ1n) is 9.69. The molecule has 26 heavy (non-hydrogen) atoms. The summed E-state index contributed by atoms with van der Waals surface area (Å²) in [5.41, 5.74) is 2.08. The van der Waals surface area contributed by atoms with Crippen molar-refractivity contribution in [1.82, 2.24) is 10.3 Å². The Kier molecular flexibility index (Phi) is 4.55. The van der Waals surface area contributed by atoms with E-state index in [0.717, 1.165) is 17.8 Å². The number of nitrogens with one attached hydrogen (secondary N) is 2. The number of hydrogen-bond acceptors (Lipinski definition) is 3. The molecule has 0 spiro atoms. The van der Waals surface area contributed by atoms with Crippen molar-refractivity contribution in [3.05, 3.63) is 36.2 Å². The quantitative estimate of drug-likeness (QED) is 0.798. The number of anilines is 1. The Morgan fingerprint density at radius 3 is 2.42 bits per heavy atom. The lowest BCUT2D eigenvalue weighted by Gasteiger charge is -2.57. The number of hydrogen-bond donors (Lipinski definition) is 2. The molecule has 1 heterocycles. The van der Waals surface area contributed by atoms with E-state index >= 15 is 0 Å². The Bertz CT molecular complexity index is 691. The van der Waals surface area contributed by atoms with E-state index in [-0.39, 0.29) is 23.8 Å². The highest BCUT2D eigenvalue weighted by Gasteiger charge is 2.51. The summed E-state index contributed by atoms with van der Waals surface area (Å²) in [7, 11) is 0. The van der Waals surface area contributed by atoms with E-state index in [1.165, 1.54) is 44.1 Å². The summed E-state index contributed by atoms with van der Waals surface area (Å²) in [6.45, 7) is 2.08. The van der Waals surface area contributed by atoms with E-state index in [9.17, 15) is 9.59 Å². The molecule has 0 radical (unpaired) electrons. The summed E-state index contributed by atoms with van der Waals surface area (Å²) in [4.78, 5) is 28.2.